The molecule has 0 fully saturated rings. The molecule has 0 atom stereocenters. The lowest BCUT2D eigenvalue weighted by molar-refractivity contribution is 0.300. The summed E-state index contributed by atoms with van der Waals surface area (Å²) in [5, 5.41) is 0. The topological polar surface area (TPSA) is 44.4 Å². The van der Waals surface area contributed by atoms with Crippen LogP contribution in [0.2, 0.25) is 0 Å². The predicted molar refractivity (Wildman–Crippen MR) is 86.5 cm³/mol. The third kappa shape index (κ3) is 3.06. The molecule has 2 aromatic carbocycles. The van der Waals surface area contributed by atoms with Gasteiger partial charge in [0.2, 0.25) is 0 Å². The Bertz CT molecular complexity index is 828. The number of ether oxygens (including phenoxy) is 1. The van der Waals surface area contributed by atoms with Gasteiger partial charge >= 0.3 is 5.76 Å². The van der Waals surface area contributed by atoms with E-state index in [1.54, 1.807) is 4.57 Å². The summed E-state index contributed by atoms with van der Waals surface area (Å²) in [5.74, 6) is 0.543. The second-order valence-electron chi connectivity index (χ2n) is 5.51. The van der Waals surface area contributed by atoms with Gasteiger partial charge in [-0.1, -0.05) is 23.8 Å². The molecule has 0 spiro atoms. The summed E-state index contributed by atoms with van der Waals surface area (Å²) < 4.78 is 12.6. The fourth-order valence-electron chi connectivity index (χ4n) is 2.43. The summed E-state index contributed by atoms with van der Waals surface area (Å²) in [6, 6.07) is 13.7. The van der Waals surface area contributed by atoms with Gasteiger partial charge in [0, 0.05) is 6.54 Å². The predicted octanol–water partition coefficient (Wildman–Crippen LogP) is 3.68. The van der Waals surface area contributed by atoms with Crippen LogP contribution in [0.4, 0.5) is 0 Å². The van der Waals surface area contributed by atoms with E-state index in [0.29, 0.717) is 18.7 Å². The van der Waals surface area contributed by atoms with Crippen LogP contribution in [0.5, 0.6) is 5.75 Å². The average molecular weight is 297 g/mol. The van der Waals surface area contributed by atoms with Gasteiger partial charge in [-0.3, -0.25) is 4.57 Å². The minimum absolute atomic E-state index is 0.309. The van der Waals surface area contributed by atoms with Gasteiger partial charge in [-0.05, 0) is 50.1 Å². The highest BCUT2D eigenvalue weighted by Crippen LogP contribution is 2.15. The second kappa shape index (κ2) is 6.10. The average Bonchev–Trinajstić information content (AvgIpc) is 2.81. The molecule has 0 amide bonds. The van der Waals surface area contributed by atoms with Gasteiger partial charge in [-0.25, -0.2) is 4.79 Å². The van der Waals surface area contributed by atoms with Gasteiger partial charge in [0.1, 0.15) is 5.75 Å². The van der Waals surface area contributed by atoms with E-state index in [9.17, 15) is 4.79 Å². The van der Waals surface area contributed by atoms with Crippen molar-refractivity contribution in [1.82, 2.24) is 4.57 Å². The van der Waals surface area contributed by atoms with Crippen LogP contribution < -0.4 is 10.5 Å². The van der Waals surface area contributed by atoms with E-state index in [4.69, 9.17) is 9.15 Å². The molecule has 1 aromatic heterocycles. The van der Waals surface area contributed by atoms with Crippen LogP contribution in [0.1, 0.15) is 17.5 Å². The quantitative estimate of drug-likeness (QED) is 0.675. The molecule has 22 heavy (non-hydrogen) atoms. The summed E-state index contributed by atoms with van der Waals surface area (Å²) in [6.45, 7) is 5.19. The van der Waals surface area contributed by atoms with Crippen LogP contribution in [0.3, 0.4) is 0 Å². The molecule has 3 aromatic rings. The maximum Gasteiger partial charge on any atom is 0.419 e. The summed E-state index contributed by atoms with van der Waals surface area (Å²) in [7, 11) is 0. The molecule has 0 radical (unpaired) electrons. The Morgan fingerprint density at radius 2 is 1.77 bits per heavy atom. The van der Waals surface area contributed by atoms with Crippen LogP contribution >= 0.6 is 0 Å². The minimum atomic E-state index is -0.309. The van der Waals surface area contributed by atoms with E-state index >= 15 is 0 Å². The van der Waals surface area contributed by atoms with Crippen LogP contribution in [0, 0.1) is 13.8 Å². The van der Waals surface area contributed by atoms with Crippen molar-refractivity contribution in [3.8, 4) is 5.75 Å². The van der Waals surface area contributed by atoms with Crippen molar-refractivity contribution in [2.45, 2.75) is 26.8 Å². The number of hydrogen-bond acceptors (Lipinski definition) is 3. The van der Waals surface area contributed by atoms with Gasteiger partial charge in [0.25, 0.3) is 0 Å². The molecule has 0 bridgehead atoms. The zero-order valence-electron chi connectivity index (χ0n) is 12.8. The summed E-state index contributed by atoms with van der Waals surface area (Å²) in [4.78, 5) is 11.9. The third-order valence-electron chi connectivity index (χ3n) is 3.64. The maximum absolute atomic E-state index is 11.9. The number of benzene rings is 2. The number of hydrogen-bond donors (Lipinski definition) is 0. The molecule has 0 aliphatic carbocycles. The molecule has 0 aliphatic heterocycles. The SMILES string of the molecule is Cc1ccc(OCCCn2c(=O)oc3ccc(C)cc32)cc1. The smallest absolute Gasteiger partial charge is 0.419 e. The number of aryl methyl sites for hydroxylation is 3. The molecule has 0 saturated heterocycles. The standard InChI is InChI=1S/C18H19NO3/c1-13-4-7-15(8-5-13)21-11-3-10-19-16-12-14(2)6-9-17(16)22-18(19)20/h4-9,12H,3,10-11H2,1-2H3. The first kappa shape index (κ1) is 14.4. The zero-order valence-corrected chi connectivity index (χ0v) is 12.8. The van der Waals surface area contributed by atoms with Crippen molar-refractivity contribution in [1.29, 1.82) is 0 Å². The summed E-state index contributed by atoms with van der Waals surface area (Å²) >= 11 is 0. The summed E-state index contributed by atoms with van der Waals surface area (Å²) in [6.07, 6.45) is 0.746. The fraction of sp³-hybridized carbons (Fsp3) is 0.278. The fourth-order valence-corrected chi connectivity index (χ4v) is 2.43. The van der Waals surface area contributed by atoms with E-state index in [1.807, 2.05) is 56.3 Å². The van der Waals surface area contributed by atoms with Crippen molar-refractivity contribution >= 4 is 11.1 Å². The molecule has 4 nitrogen and oxygen atoms in total. The highest BCUT2D eigenvalue weighted by atomic mass is 16.5. The molecule has 3 rings (SSSR count). The minimum Gasteiger partial charge on any atom is -0.494 e. The van der Waals surface area contributed by atoms with Crippen LogP contribution in [-0.4, -0.2) is 11.2 Å². The molecule has 0 N–H and O–H groups in total. The zero-order chi connectivity index (χ0) is 15.5. The Balaban J connectivity index is 1.64. The van der Waals surface area contributed by atoms with Crippen molar-refractivity contribution < 1.29 is 9.15 Å². The van der Waals surface area contributed by atoms with Crippen LogP contribution in [0.25, 0.3) is 11.1 Å². The molecular formula is C18H19NO3. The van der Waals surface area contributed by atoms with Crippen LogP contribution in [0.15, 0.2) is 51.7 Å². The molecular weight excluding hydrogens is 278 g/mol. The third-order valence-corrected chi connectivity index (χ3v) is 3.64. The van der Waals surface area contributed by atoms with Gasteiger partial charge in [-0.2, -0.15) is 0 Å². The second-order valence-corrected chi connectivity index (χ2v) is 5.51. The molecule has 4 heteroatoms. The molecule has 114 valence electrons. The number of aromatic nitrogens is 1. The van der Waals surface area contributed by atoms with Gasteiger partial charge in [0.05, 0.1) is 12.1 Å². The van der Waals surface area contributed by atoms with Gasteiger partial charge < -0.3 is 9.15 Å². The Morgan fingerprint density at radius 1 is 1.05 bits per heavy atom. The van der Waals surface area contributed by atoms with E-state index in [-0.39, 0.29) is 5.76 Å². The van der Waals surface area contributed by atoms with Gasteiger partial charge in [-0.15, -0.1) is 0 Å². The largest absolute Gasteiger partial charge is 0.494 e. The highest BCUT2D eigenvalue weighted by Gasteiger charge is 2.08. The normalized spacial score (nSPS) is 11.0. The first-order chi connectivity index (χ1) is 10.6. The van der Waals surface area contributed by atoms with E-state index < -0.39 is 0 Å². The number of nitrogens with zero attached hydrogens (tertiary/aromatic N) is 1. The monoisotopic (exact) mass is 297 g/mol. The highest BCUT2D eigenvalue weighted by molar-refractivity contribution is 5.73. The van der Waals surface area contributed by atoms with E-state index in [1.165, 1.54) is 5.56 Å². The van der Waals surface area contributed by atoms with Crippen molar-refractivity contribution in [2.75, 3.05) is 6.61 Å². The molecule has 1 heterocycles. The number of oxazole rings is 1. The Morgan fingerprint density at radius 3 is 2.55 bits per heavy atom. The Kier molecular flexibility index (Phi) is 4.00. The van der Waals surface area contributed by atoms with Crippen LogP contribution in [-0.2, 0) is 6.54 Å². The first-order valence-electron chi connectivity index (χ1n) is 7.43. The lowest BCUT2D eigenvalue weighted by atomic mass is 10.2. The Labute approximate surface area is 128 Å². The van der Waals surface area contributed by atoms with Crippen molar-refractivity contribution in [3.05, 3.63) is 64.1 Å². The lowest BCUT2D eigenvalue weighted by Crippen LogP contribution is -2.15. The number of rotatable bonds is 5. The maximum atomic E-state index is 11.9. The summed E-state index contributed by atoms with van der Waals surface area (Å²) in [5.41, 5.74) is 3.80. The molecule has 0 unspecified atom stereocenters. The van der Waals surface area contributed by atoms with Crippen molar-refractivity contribution in [2.24, 2.45) is 0 Å². The van der Waals surface area contributed by atoms with E-state index in [2.05, 4.69) is 0 Å². The number of fused-ring (bicyclic) bond motifs is 1. The first-order valence-corrected chi connectivity index (χ1v) is 7.43. The van der Waals surface area contributed by atoms with Crippen molar-refractivity contribution in [3.63, 3.8) is 0 Å². The Hall–Kier alpha value is -2.49. The molecule has 0 aliphatic rings. The van der Waals surface area contributed by atoms with E-state index in [0.717, 1.165) is 23.3 Å². The molecule has 0 saturated carbocycles. The van der Waals surface area contributed by atoms with Gasteiger partial charge in [0.15, 0.2) is 5.58 Å². The lowest BCUT2D eigenvalue weighted by Gasteiger charge is -2.07.